The maximum atomic E-state index is 12.3. The summed E-state index contributed by atoms with van der Waals surface area (Å²) >= 11 is 0. The second-order valence-corrected chi connectivity index (χ2v) is 16.3. The predicted octanol–water partition coefficient (Wildman–Crippen LogP) is 9.80. The number of rotatable bonds is 20. The van der Waals surface area contributed by atoms with Gasteiger partial charge in [-0.3, -0.25) is 0 Å². The first-order valence-corrected chi connectivity index (χ1v) is 22.7. The topological polar surface area (TPSA) is 145 Å². The first-order chi connectivity index (χ1) is 30.8. The van der Waals surface area contributed by atoms with Crippen molar-refractivity contribution in [3.05, 3.63) is 95.1 Å². The number of hydrogen-bond acceptors (Lipinski definition) is 11. The molecule has 0 aliphatic carbocycles. The minimum Gasteiger partial charge on any atom is -0.461 e. The molecule has 1 atom stereocenters. The maximum Gasteiger partial charge on any atom is 0.348 e. The summed E-state index contributed by atoms with van der Waals surface area (Å²) in [5.74, 6) is -1.45. The van der Waals surface area contributed by atoms with Crippen molar-refractivity contribution in [2.75, 3.05) is 82.2 Å². The molecule has 334 valence electrons. The van der Waals surface area contributed by atoms with Crippen LogP contribution in [0.3, 0.4) is 0 Å². The van der Waals surface area contributed by atoms with E-state index in [1.54, 1.807) is 19.1 Å². The Morgan fingerprint density at radius 3 is 1.57 bits per heavy atom. The number of carbonyl (C=O) groups excluding carboxylic acids is 2. The van der Waals surface area contributed by atoms with Gasteiger partial charge >= 0.3 is 11.9 Å². The standard InChI is InChI=1S/C29H38N2O4.C23H26N2O3/c1-2-3-4-8-15-33-16-17-34-18-19-35-29(32)27(23-30)21-24-9-10-26-22-28(12-11-25(26)20-24)31-13-6-5-7-14-31;1-17(15-26)16-28-23(27)21(14-24)12-18-5-6-20-13-22(8-7-19(20)11-18)25-9-3-2-4-10-25/h9-12,20-22H,2-8,13-19H2,1H3;5-8,11-13,17,26H,2-4,9-10,15-16H2,1H3/b27-21+;21-12+. The van der Waals surface area contributed by atoms with E-state index in [0.717, 1.165) is 71.9 Å². The van der Waals surface area contributed by atoms with E-state index in [9.17, 15) is 20.1 Å². The molecule has 0 aromatic heterocycles. The van der Waals surface area contributed by atoms with Crippen molar-refractivity contribution in [2.24, 2.45) is 5.92 Å². The SMILES string of the molecule is CC(CO)COC(=O)/C(C#N)=C/c1ccc2cc(N3CCCCC3)ccc2c1.CCCCCCOCCOCCOC(=O)/C(C#N)=C/c1ccc2cc(N3CCCCC3)ccc2c1. The zero-order valence-electron chi connectivity index (χ0n) is 37.2. The number of aliphatic hydroxyl groups is 1. The van der Waals surface area contributed by atoms with Crippen LogP contribution in [0.2, 0.25) is 0 Å². The lowest BCUT2D eigenvalue weighted by atomic mass is 10.0. The summed E-state index contributed by atoms with van der Waals surface area (Å²) in [5, 5.41) is 32.2. The molecular formula is C52H64N4O7. The molecule has 0 bridgehead atoms. The third-order valence-electron chi connectivity index (χ3n) is 11.2. The summed E-state index contributed by atoms with van der Waals surface area (Å²) in [6.45, 7) is 10.5. The molecule has 63 heavy (non-hydrogen) atoms. The van der Waals surface area contributed by atoms with Crippen molar-refractivity contribution in [1.82, 2.24) is 0 Å². The summed E-state index contributed by atoms with van der Waals surface area (Å²) in [5.41, 5.74) is 4.00. The molecule has 11 heteroatoms. The molecule has 11 nitrogen and oxygen atoms in total. The van der Waals surface area contributed by atoms with Gasteiger partial charge in [0.2, 0.25) is 0 Å². The lowest BCUT2D eigenvalue weighted by Gasteiger charge is -2.29. The molecule has 1 N–H and O–H groups in total. The Morgan fingerprint density at radius 1 is 0.619 bits per heavy atom. The van der Waals surface area contributed by atoms with E-state index in [0.29, 0.717) is 13.2 Å². The van der Waals surface area contributed by atoms with Gasteiger partial charge < -0.3 is 33.9 Å². The van der Waals surface area contributed by atoms with Crippen molar-refractivity contribution in [3.8, 4) is 12.1 Å². The Hall–Kier alpha value is -5.72. The first kappa shape index (κ1) is 48.3. The number of anilines is 2. The van der Waals surface area contributed by atoms with Crippen LogP contribution in [0.15, 0.2) is 83.9 Å². The Labute approximate surface area is 373 Å². The molecule has 2 heterocycles. The van der Waals surface area contributed by atoms with Crippen LogP contribution < -0.4 is 9.80 Å². The minimum absolute atomic E-state index is 0.0234. The highest BCUT2D eigenvalue weighted by molar-refractivity contribution is 5.99. The van der Waals surface area contributed by atoms with E-state index in [-0.39, 0.29) is 43.5 Å². The lowest BCUT2D eigenvalue weighted by Crippen LogP contribution is -2.29. The lowest BCUT2D eigenvalue weighted by molar-refractivity contribution is -0.140. The summed E-state index contributed by atoms with van der Waals surface area (Å²) in [7, 11) is 0. The number of aliphatic hydroxyl groups excluding tert-OH is 1. The molecule has 4 aromatic carbocycles. The van der Waals surface area contributed by atoms with Crippen LogP contribution in [0.25, 0.3) is 33.7 Å². The van der Waals surface area contributed by atoms with Gasteiger partial charge in [-0.2, -0.15) is 10.5 Å². The highest BCUT2D eigenvalue weighted by atomic mass is 16.6. The summed E-state index contributed by atoms with van der Waals surface area (Å²) in [4.78, 5) is 29.3. The molecule has 2 saturated heterocycles. The third-order valence-corrected chi connectivity index (χ3v) is 11.2. The number of hydrogen-bond donors (Lipinski definition) is 1. The summed E-state index contributed by atoms with van der Waals surface area (Å²) < 4.78 is 21.3. The number of nitriles is 2. The normalized spacial score (nSPS) is 14.9. The quantitative estimate of drug-likeness (QED) is 0.0392. The Kier molecular flexibility index (Phi) is 20.5. The van der Waals surface area contributed by atoms with Crippen LogP contribution in [0.1, 0.15) is 89.2 Å². The Bertz CT molecular complexity index is 2230. The fourth-order valence-corrected chi connectivity index (χ4v) is 7.56. The van der Waals surface area contributed by atoms with Crippen LogP contribution in [-0.4, -0.2) is 89.5 Å². The van der Waals surface area contributed by atoms with E-state index >= 15 is 0 Å². The average Bonchev–Trinajstić information content (AvgIpc) is 3.33. The molecule has 0 spiro atoms. The highest BCUT2D eigenvalue weighted by Gasteiger charge is 2.16. The predicted molar refractivity (Wildman–Crippen MR) is 251 cm³/mol. The third kappa shape index (κ3) is 15.9. The molecule has 0 amide bonds. The molecule has 4 aromatic rings. The van der Waals surface area contributed by atoms with Crippen molar-refractivity contribution < 1.29 is 33.6 Å². The van der Waals surface area contributed by atoms with E-state index in [1.807, 2.05) is 48.5 Å². The Balaban J connectivity index is 0.000000243. The van der Waals surface area contributed by atoms with Crippen molar-refractivity contribution >= 4 is 57.0 Å². The molecule has 2 aliphatic heterocycles. The van der Waals surface area contributed by atoms with Crippen molar-refractivity contribution in [3.63, 3.8) is 0 Å². The largest absolute Gasteiger partial charge is 0.461 e. The van der Waals surface area contributed by atoms with E-state index < -0.39 is 11.9 Å². The van der Waals surface area contributed by atoms with Gasteiger partial charge in [0.1, 0.15) is 29.9 Å². The first-order valence-electron chi connectivity index (χ1n) is 22.7. The second kappa shape index (κ2) is 26.7. The molecule has 6 rings (SSSR count). The number of unbranched alkanes of at least 4 members (excludes halogenated alkanes) is 3. The monoisotopic (exact) mass is 856 g/mol. The van der Waals surface area contributed by atoms with Crippen LogP contribution >= 0.6 is 0 Å². The summed E-state index contributed by atoms with van der Waals surface area (Å²) in [6.07, 6.45) is 15.4. The fraction of sp³-hybridized carbons (Fsp3) is 0.462. The average molecular weight is 857 g/mol. The number of esters is 2. The van der Waals surface area contributed by atoms with Crippen LogP contribution in [0.5, 0.6) is 0 Å². The fourth-order valence-electron chi connectivity index (χ4n) is 7.56. The van der Waals surface area contributed by atoms with Gasteiger partial charge in [-0.05, 0) is 126 Å². The molecule has 0 saturated carbocycles. The Morgan fingerprint density at radius 2 is 1.08 bits per heavy atom. The molecular weight excluding hydrogens is 793 g/mol. The summed E-state index contributed by atoms with van der Waals surface area (Å²) in [6, 6.07) is 28.6. The number of benzene rings is 4. The number of nitrogens with zero attached hydrogens (tertiary/aromatic N) is 4. The van der Waals surface area contributed by atoms with Gasteiger partial charge in [0.25, 0.3) is 0 Å². The minimum atomic E-state index is -0.664. The zero-order valence-corrected chi connectivity index (χ0v) is 37.2. The van der Waals surface area contributed by atoms with E-state index in [1.165, 1.54) is 69.2 Å². The number of carbonyl (C=O) groups is 2. The molecule has 0 radical (unpaired) electrons. The van der Waals surface area contributed by atoms with Crippen LogP contribution in [0.4, 0.5) is 11.4 Å². The number of ether oxygens (including phenoxy) is 4. The highest BCUT2D eigenvalue weighted by Crippen LogP contribution is 2.28. The second-order valence-electron chi connectivity index (χ2n) is 16.3. The van der Waals surface area contributed by atoms with E-state index in [2.05, 4.69) is 53.1 Å². The van der Waals surface area contributed by atoms with Gasteiger partial charge in [0.05, 0.1) is 26.4 Å². The van der Waals surface area contributed by atoms with Gasteiger partial charge in [0, 0.05) is 56.7 Å². The van der Waals surface area contributed by atoms with Crippen molar-refractivity contribution in [2.45, 2.75) is 78.1 Å². The van der Waals surface area contributed by atoms with Gasteiger partial charge in [0.15, 0.2) is 0 Å². The van der Waals surface area contributed by atoms with Gasteiger partial charge in [-0.25, -0.2) is 9.59 Å². The van der Waals surface area contributed by atoms with Gasteiger partial charge in [-0.15, -0.1) is 0 Å². The van der Waals surface area contributed by atoms with Gasteiger partial charge in [-0.1, -0.05) is 69.5 Å². The maximum absolute atomic E-state index is 12.3. The number of piperidine rings is 2. The smallest absolute Gasteiger partial charge is 0.348 e. The van der Waals surface area contributed by atoms with E-state index in [4.69, 9.17) is 24.1 Å². The molecule has 2 aliphatic rings. The molecule has 2 fully saturated rings. The van der Waals surface area contributed by atoms with Crippen LogP contribution in [-0.2, 0) is 28.5 Å². The number of fused-ring (bicyclic) bond motifs is 2. The van der Waals surface area contributed by atoms with Crippen molar-refractivity contribution in [1.29, 1.82) is 10.5 Å². The zero-order chi connectivity index (χ0) is 44.7. The molecule has 1 unspecified atom stereocenters. The van der Waals surface area contributed by atoms with Crippen LogP contribution in [0, 0.1) is 28.6 Å².